The molecule has 6 nitrogen and oxygen atoms in total. The van der Waals surface area contributed by atoms with Crippen molar-refractivity contribution in [3.8, 4) is 22.6 Å². The van der Waals surface area contributed by atoms with Gasteiger partial charge in [-0.1, -0.05) is 12.1 Å². The summed E-state index contributed by atoms with van der Waals surface area (Å²) in [7, 11) is 1.63. The molecule has 0 spiro atoms. The molecule has 1 aliphatic heterocycles. The molecule has 29 heavy (non-hydrogen) atoms. The third-order valence-corrected chi connectivity index (χ3v) is 5.12. The van der Waals surface area contributed by atoms with E-state index in [9.17, 15) is 4.79 Å². The van der Waals surface area contributed by atoms with Gasteiger partial charge in [0.1, 0.15) is 29.6 Å². The Kier molecular flexibility index (Phi) is 4.33. The van der Waals surface area contributed by atoms with Crippen molar-refractivity contribution in [3.05, 3.63) is 82.6 Å². The van der Waals surface area contributed by atoms with E-state index in [1.165, 1.54) is 6.07 Å². The van der Waals surface area contributed by atoms with Gasteiger partial charge in [-0.25, -0.2) is 4.79 Å². The summed E-state index contributed by atoms with van der Waals surface area (Å²) < 4.78 is 22.2. The first kappa shape index (κ1) is 17.6. The van der Waals surface area contributed by atoms with Crippen LogP contribution in [-0.4, -0.2) is 18.7 Å². The number of hydrogen-bond acceptors (Lipinski definition) is 6. The minimum atomic E-state index is -0.389. The maximum Gasteiger partial charge on any atom is 0.336 e. The Morgan fingerprint density at radius 2 is 1.97 bits per heavy atom. The van der Waals surface area contributed by atoms with E-state index in [-0.39, 0.29) is 5.63 Å². The summed E-state index contributed by atoms with van der Waals surface area (Å²) in [5.41, 5.74) is 2.79. The number of methoxy groups -OCH3 is 1. The molecule has 0 saturated carbocycles. The summed E-state index contributed by atoms with van der Waals surface area (Å²) in [5, 5.41) is 0.872. The monoisotopic (exact) mass is 389 g/mol. The smallest absolute Gasteiger partial charge is 0.336 e. The van der Waals surface area contributed by atoms with Crippen LogP contribution < -0.4 is 15.1 Å². The number of rotatable bonds is 4. The first-order valence-electron chi connectivity index (χ1n) is 9.33. The summed E-state index contributed by atoms with van der Waals surface area (Å²) in [4.78, 5) is 14.5. The fourth-order valence-corrected chi connectivity index (χ4v) is 3.71. The number of furan rings is 1. The minimum absolute atomic E-state index is 0.389. The Bertz CT molecular complexity index is 1210. The molecule has 1 aliphatic rings. The molecule has 0 fully saturated rings. The van der Waals surface area contributed by atoms with Crippen LogP contribution in [-0.2, 0) is 13.1 Å². The van der Waals surface area contributed by atoms with Gasteiger partial charge in [0, 0.05) is 18.0 Å². The third-order valence-electron chi connectivity index (χ3n) is 5.12. The molecule has 0 saturated heterocycles. The SMILES string of the molecule is COc1ccc(-c2cc(=O)oc3c4c(ccc23)OCN(Cc2ccco2)C4)cc1. The molecule has 3 heterocycles. The molecule has 0 radical (unpaired) electrons. The van der Waals surface area contributed by atoms with Gasteiger partial charge in [0.2, 0.25) is 0 Å². The van der Waals surface area contributed by atoms with Crippen molar-refractivity contribution in [1.82, 2.24) is 4.90 Å². The summed E-state index contributed by atoms with van der Waals surface area (Å²) in [6.07, 6.45) is 1.66. The van der Waals surface area contributed by atoms with Crippen molar-refractivity contribution >= 4 is 11.0 Å². The molecule has 0 N–H and O–H groups in total. The average molecular weight is 389 g/mol. The molecule has 0 bridgehead atoms. The lowest BCUT2D eigenvalue weighted by molar-refractivity contribution is 0.0826. The Balaban J connectivity index is 1.59. The molecule has 2 aromatic carbocycles. The van der Waals surface area contributed by atoms with Crippen LogP contribution in [0.1, 0.15) is 11.3 Å². The van der Waals surface area contributed by atoms with Gasteiger partial charge < -0.3 is 18.3 Å². The fourth-order valence-electron chi connectivity index (χ4n) is 3.71. The standard InChI is InChI=1S/C23H19NO5/c1-26-16-6-4-15(5-7-16)19-11-22(25)29-23-18(19)8-9-21-20(23)13-24(14-28-21)12-17-3-2-10-27-17/h2-11H,12-14H2,1H3. The molecule has 0 aliphatic carbocycles. The van der Waals surface area contributed by atoms with Crippen molar-refractivity contribution in [3.63, 3.8) is 0 Å². The Labute approximate surface area is 166 Å². The second kappa shape index (κ2) is 7.14. The molecule has 0 unspecified atom stereocenters. The predicted octanol–water partition coefficient (Wildman–Crippen LogP) is 4.41. The third kappa shape index (κ3) is 3.28. The van der Waals surface area contributed by atoms with E-state index >= 15 is 0 Å². The molecular formula is C23H19NO5. The van der Waals surface area contributed by atoms with Crippen LogP contribution in [0.15, 0.2) is 74.5 Å². The predicted molar refractivity (Wildman–Crippen MR) is 108 cm³/mol. The second-order valence-electron chi connectivity index (χ2n) is 6.97. The molecular weight excluding hydrogens is 370 g/mol. The molecule has 146 valence electrons. The van der Waals surface area contributed by atoms with Gasteiger partial charge in [0.25, 0.3) is 0 Å². The van der Waals surface area contributed by atoms with Crippen LogP contribution >= 0.6 is 0 Å². The van der Waals surface area contributed by atoms with Gasteiger partial charge in [-0.05, 0) is 47.5 Å². The van der Waals surface area contributed by atoms with E-state index in [0.717, 1.165) is 39.3 Å². The summed E-state index contributed by atoms with van der Waals surface area (Å²) in [5.74, 6) is 2.36. The van der Waals surface area contributed by atoms with Gasteiger partial charge in [-0.15, -0.1) is 0 Å². The van der Waals surface area contributed by atoms with E-state index in [1.807, 2.05) is 48.5 Å². The van der Waals surface area contributed by atoms with Crippen LogP contribution in [0.4, 0.5) is 0 Å². The number of ether oxygens (including phenoxy) is 2. The topological polar surface area (TPSA) is 65.1 Å². The van der Waals surface area contributed by atoms with Crippen LogP contribution in [0.5, 0.6) is 11.5 Å². The van der Waals surface area contributed by atoms with E-state index in [2.05, 4.69) is 4.90 Å². The molecule has 0 atom stereocenters. The highest BCUT2D eigenvalue weighted by atomic mass is 16.5. The summed E-state index contributed by atoms with van der Waals surface area (Å²) in [6, 6.07) is 16.8. The minimum Gasteiger partial charge on any atom is -0.497 e. The Morgan fingerprint density at radius 3 is 2.72 bits per heavy atom. The van der Waals surface area contributed by atoms with Gasteiger partial charge in [0.05, 0.1) is 25.5 Å². The van der Waals surface area contributed by atoms with Gasteiger partial charge in [-0.2, -0.15) is 0 Å². The average Bonchev–Trinajstić information content (AvgIpc) is 3.26. The lowest BCUT2D eigenvalue weighted by Crippen LogP contribution is -2.31. The quantitative estimate of drug-likeness (QED) is 0.482. The molecule has 5 rings (SSSR count). The summed E-state index contributed by atoms with van der Waals surface area (Å²) >= 11 is 0. The van der Waals surface area contributed by atoms with E-state index in [4.69, 9.17) is 18.3 Å². The second-order valence-corrected chi connectivity index (χ2v) is 6.97. The fraction of sp³-hybridized carbons (Fsp3) is 0.174. The molecule has 6 heteroatoms. The summed E-state index contributed by atoms with van der Waals surface area (Å²) in [6.45, 7) is 1.66. The lowest BCUT2D eigenvalue weighted by Gasteiger charge is -2.28. The van der Waals surface area contributed by atoms with Gasteiger partial charge >= 0.3 is 5.63 Å². The Morgan fingerprint density at radius 1 is 1.10 bits per heavy atom. The number of nitrogens with zero attached hydrogens (tertiary/aromatic N) is 1. The van der Waals surface area contributed by atoms with Crippen molar-refractivity contribution in [2.75, 3.05) is 13.8 Å². The van der Waals surface area contributed by atoms with Crippen molar-refractivity contribution in [2.45, 2.75) is 13.1 Å². The van der Waals surface area contributed by atoms with Crippen LogP contribution in [0.2, 0.25) is 0 Å². The van der Waals surface area contributed by atoms with Crippen molar-refractivity contribution < 1.29 is 18.3 Å². The normalized spacial score (nSPS) is 13.8. The lowest BCUT2D eigenvalue weighted by atomic mass is 9.99. The molecule has 4 aromatic rings. The highest BCUT2D eigenvalue weighted by Gasteiger charge is 2.23. The largest absolute Gasteiger partial charge is 0.497 e. The maximum atomic E-state index is 12.4. The van der Waals surface area contributed by atoms with Gasteiger partial charge in [-0.3, -0.25) is 4.90 Å². The van der Waals surface area contributed by atoms with E-state index in [1.54, 1.807) is 13.4 Å². The van der Waals surface area contributed by atoms with E-state index in [0.29, 0.717) is 25.4 Å². The van der Waals surface area contributed by atoms with Crippen LogP contribution in [0.25, 0.3) is 22.1 Å². The number of fused-ring (bicyclic) bond motifs is 3. The highest BCUT2D eigenvalue weighted by Crippen LogP contribution is 2.36. The van der Waals surface area contributed by atoms with Gasteiger partial charge in [0.15, 0.2) is 0 Å². The van der Waals surface area contributed by atoms with Crippen LogP contribution in [0.3, 0.4) is 0 Å². The zero-order valence-corrected chi connectivity index (χ0v) is 15.9. The van der Waals surface area contributed by atoms with Crippen LogP contribution in [0, 0.1) is 0 Å². The first-order valence-corrected chi connectivity index (χ1v) is 9.33. The highest BCUT2D eigenvalue weighted by molar-refractivity contribution is 5.95. The number of hydrogen-bond donors (Lipinski definition) is 0. The molecule has 2 aromatic heterocycles. The van der Waals surface area contributed by atoms with Crippen molar-refractivity contribution in [2.24, 2.45) is 0 Å². The first-order chi connectivity index (χ1) is 14.2. The van der Waals surface area contributed by atoms with Crippen molar-refractivity contribution in [1.29, 1.82) is 0 Å². The number of benzene rings is 2. The zero-order chi connectivity index (χ0) is 19.8. The molecule has 0 amide bonds. The Hall–Kier alpha value is -3.51. The zero-order valence-electron chi connectivity index (χ0n) is 15.9. The maximum absolute atomic E-state index is 12.4. The van der Waals surface area contributed by atoms with E-state index < -0.39 is 0 Å².